The molecule has 0 saturated heterocycles. The van der Waals surface area contributed by atoms with E-state index in [0.29, 0.717) is 12.4 Å². The predicted molar refractivity (Wildman–Crippen MR) is 115 cm³/mol. The molecule has 3 aliphatic rings. The van der Waals surface area contributed by atoms with E-state index in [1.165, 1.54) is 6.92 Å². The number of rotatable bonds is 2. The molecule has 5 rings (SSSR count). The van der Waals surface area contributed by atoms with Crippen molar-refractivity contribution in [1.29, 1.82) is 0 Å². The van der Waals surface area contributed by atoms with Gasteiger partial charge in [0.2, 0.25) is 0 Å². The Kier molecular flexibility index (Phi) is 4.43. The van der Waals surface area contributed by atoms with Crippen LogP contribution in [0.3, 0.4) is 0 Å². The molecule has 31 heavy (non-hydrogen) atoms. The zero-order valence-electron chi connectivity index (χ0n) is 18.4. The van der Waals surface area contributed by atoms with E-state index < -0.39 is 11.7 Å². The van der Waals surface area contributed by atoms with Crippen LogP contribution in [0.15, 0.2) is 30.3 Å². The summed E-state index contributed by atoms with van der Waals surface area (Å²) in [5, 5.41) is 0. The van der Waals surface area contributed by atoms with E-state index in [9.17, 15) is 4.79 Å². The monoisotopic (exact) mass is 422 g/mol. The zero-order chi connectivity index (χ0) is 21.9. The van der Waals surface area contributed by atoms with Crippen molar-refractivity contribution in [2.45, 2.75) is 51.4 Å². The molecule has 3 heterocycles. The summed E-state index contributed by atoms with van der Waals surface area (Å²) >= 11 is 0. The number of carbonyl (C=O) groups is 1. The van der Waals surface area contributed by atoms with Gasteiger partial charge in [0.05, 0.1) is 18.6 Å². The van der Waals surface area contributed by atoms with Crippen molar-refractivity contribution >= 4 is 12.0 Å². The molecule has 0 spiro atoms. The Morgan fingerprint density at radius 2 is 1.97 bits per heavy atom. The van der Waals surface area contributed by atoms with Gasteiger partial charge in [0.15, 0.2) is 0 Å². The largest absolute Gasteiger partial charge is 0.496 e. The molecule has 2 aromatic rings. The zero-order valence-corrected chi connectivity index (χ0v) is 18.4. The van der Waals surface area contributed by atoms with Crippen molar-refractivity contribution < 1.29 is 28.5 Å². The first-order valence-electron chi connectivity index (χ1n) is 10.5. The van der Waals surface area contributed by atoms with Crippen molar-refractivity contribution in [2.24, 2.45) is 0 Å². The second-order valence-corrected chi connectivity index (χ2v) is 8.82. The number of hydrogen-bond acceptors (Lipinski definition) is 6. The highest BCUT2D eigenvalue weighted by Gasteiger charge is 2.47. The van der Waals surface area contributed by atoms with Gasteiger partial charge in [-0.25, -0.2) is 0 Å². The van der Waals surface area contributed by atoms with Crippen molar-refractivity contribution in [3.05, 3.63) is 52.6 Å². The minimum absolute atomic E-state index is 0.211. The van der Waals surface area contributed by atoms with Gasteiger partial charge >= 0.3 is 5.97 Å². The number of carbonyl (C=O) groups excluding carboxylic acids is 1. The Hall–Kier alpha value is -3.15. The molecule has 6 heteroatoms. The summed E-state index contributed by atoms with van der Waals surface area (Å²) in [4.78, 5) is 12.1. The topological polar surface area (TPSA) is 63.2 Å². The van der Waals surface area contributed by atoms with E-state index in [-0.39, 0.29) is 18.0 Å². The van der Waals surface area contributed by atoms with E-state index in [1.807, 2.05) is 57.2 Å². The average Bonchev–Trinajstić information content (AvgIpc) is 2.71. The van der Waals surface area contributed by atoms with Crippen LogP contribution in [-0.4, -0.2) is 31.4 Å². The smallest absolute Gasteiger partial charge is 0.303 e. The highest BCUT2D eigenvalue weighted by atomic mass is 16.6. The number of fused-ring (bicyclic) bond motifs is 6. The maximum atomic E-state index is 12.1. The summed E-state index contributed by atoms with van der Waals surface area (Å²) in [5.74, 6) is 2.42. The SMILES string of the molecule is COc1cc2c(cc1C)OC[C@H]1Oc3c(ccc4c3C=CC(C)(C)O4)[C@@H](OC(C)=O)[C@@H]21. The Bertz CT molecular complexity index is 1100. The molecule has 2 aromatic carbocycles. The van der Waals surface area contributed by atoms with E-state index in [1.54, 1.807) is 7.11 Å². The average molecular weight is 422 g/mol. The molecule has 0 aliphatic carbocycles. The maximum Gasteiger partial charge on any atom is 0.303 e. The Morgan fingerprint density at radius 1 is 1.16 bits per heavy atom. The molecule has 0 saturated carbocycles. The molecule has 0 aromatic heterocycles. The highest BCUT2D eigenvalue weighted by Crippen LogP contribution is 2.54. The molecule has 0 radical (unpaired) electrons. The van der Waals surface area contributed by atoms with E-state index in [4.69, 9.17) is 23.7 Å². The summed E-state index contributed by atoms with van der Waals surface area (Å²) in [7, 11) is 1.65. The second kappa shape index (κ2) is 6.94. The summed E-state index contributed by atoms with van der Waals surface area (Å²) in [6.45, 7) is 7.78. The molecule has 3 atom stereocenters. The number of hydrogen-bond donors (Lipinski definition) is 0. The molecule has 0 fully saturated rings. The van der Waals surface area contributed by atoms with Crippen LogP contribution >= 0.6 is 0 Å². The summed E-state index contributed by atoms with van der Waals surface area (Å²) in [5.41, 5.74) is 3.20. The molecule has 0 amide bonds. The first-order chi connectivity index (χ1) is 14.8. The summed E-state index contributed by atoms with van der Waals surface area (Å²) in [6.07, 6.45) is 3.21. The number of benzene rings is 2. The Labute approximate surface area is 181 Å². The van der Waals surface area contributed by atoms with Crippen LogP contribution in [-0.2, 0) is 9.53 Å². The lowest BCUT2D eigenvalue weighted by Gasteiger charge is -2.43. The molecular weight excluding hydrogens is 396 g/mol. The van der Waals surface area contributed by atoms with Gasteiger partial charge in [-0.2, -0.15) is 0 Å². The Balaban J connectivity index is 1.66. The molecule has 0 unspecified atom stereocenters. The first kappa shape index (κ1) is 19.8. The minimum Gasteiger partial charge on any atom is -0.496 e. The van der Waals surface area contributed by atoms with Crippen molar-refractivity contribution in [1.82, 2.24) is 0 Å². The van der Waals surface area contributed by atoms with Crippen molar-refractivity contribution in [2.75, 3.05) is 13.7 Å². The number of methoxy groups -OCH3 is 1. The minimum atomic E-state index is -0.505. The van der Waals surface area contributed by atoms with Crippen LogP contribution in [0.5, 0.6) is 23.0 Å². The van der Waals surface area contributed by atoms with Gasteiger partial charge in [-0.1, -0.05) is 0 Å². The van der Waals surface area contributed by atoms with Gasteiger partial charge in [-0.05, 0) is 62.8 Å². The molecule has 6 nitrogen and oxygen atoms in total. The number of ether oxygens (including phenoxy) is 5. The van der Waals surface area contributed by atoms with E-state index >= 15 is 0 Å². The predicted octanol–water partition coefficient (Wildman–Crippen LogP) is 4.73. The van der Waals surface area contributed by atoms with Gasteiger partial charge in [-0.3, -0.25) is 4.79 Å². The number of aryl methyl sites for hydroxylation is 1. The molecule has 3 aliphatic heterocycles. The molecule has 0 N–H and O–H groups in total. The van der Waals surface area contributed by atoms with Gasteiger partial charge in [0.1, 0.15) is 47.4 Å². The molecule has 0 bridgehead atoms. The van der Waals surface area contributed by atoms with Crippen LogP contribution < -0.4 is 18.9 Å². The van der Waals surface area contributed by atoms with Crippen LogP contribution in [0.1, 0.15) is 55.0 Å². The van der Waals surface area contributed by atoms with Gasteiger partial charge < -0.3 is 23.7 Å². The first-order valence-corrected chi connectivity index (χ1v) is 10.5. The quantitative estimate of drug-likeness (QED) is 0.652. The van der Waals surface area contributed by atoms with Crippen LogP contribution in [0, 0.1) is 6.92 Å². The van der Waals surface area contributed by atoms with Gasteiger partial charge in [0, 0.05) is 18.1 Å². The van der Waals surface area contributed by atoms with Crippen molar-refractivity contribution in [3.63, 3.8) is 0 Å². The summed E-state index contributed by atoms with van der Waals surface area (Å²) < 4.78 is 30.1. The number of esters is 1. The molecular formula is C25H26O6. The van der Waals surface area contributed by atoms with Gasteiger partial charge in [0.25, 0.3) is 0 Å². The normalized spacial score (nSPS) is 24.2. The molecule has 162 valence electrons. The van der Waals surface area contributed by atoms with Crippen LogP contribution in [0.4, 0.5) is 0 Å². The fourth-order valence-electron chi connectivity index (χ4n) is 4.69. The lowest BCUT2D eigenvalue weighted by atomic mass is 9.79. The third-order valence-corrected chi connectivity index (χ3v) is 6.10. The third-order valence-electron chi connectivity index (χ3n) is 6.10. The highest BCUT2D eigenvalue weighted by molar-refractivity contribution is 5.72. The lowest BCUT2D eigenvalue weighted by Crippen LogP contribution is -2.43. The van der Waals surface area contributed by atoms with E-state index in [0.717, 1.165) is 39.5 Å². The fourth-order valence-corrected chi connectivity index (χ4v) is 4.69. The van der Waals surface area contributed by atoms with Crippen LogP contribution in [0.25, 0.3) is 6.08 Å². The van der Waals surface area contributed by atoms with E-state index in [2.05, 4.69) is 0 Å². The van der Waals surface area contributed by atoms with Crippen LogP contribution in [0.2, 0.25) is 0 Å². The van der Waals surface area contributed by atoms with Gasteiger partial charge in [-0.15, -0.1) is 0 Å². The summed E-state index contributed by atoms with van der Waals surface area (Å²) in [6, 6.07) is 7.80. The Morgan fingerprint density at radius 3 is 2.71 bits per heavy atom. The third kappa shape index (κ3) is 3.21. The standard InChI is InChI=1S/C25H26O6/c1-13-10-20-17(11-19(13)27-5)22-21(12-28-20)30-23-15-8-9-25(3,4)31-18(15)7-6-16(23)24(22)29-14(2)26/h6-11,21-22,24H,12H2,1-5H3/t21-,22+,24-/m1/s1. The maximum absolute atomic E-state index is 12.1. The lowest BCUT2D eigenvalue weighted by molar-refractivity contribution is -0.151. The fraction of sp³-hybridized carbons (Fsp3) is 0.400. The second-order valence-electron chi connectivity index (χ2n) is 8.82. The van der Waals surface area contributed by atoms with Crippen molar-refractivity contribution in [3.8, 4) is 23.0 Å².